The Morgan fingerprint density at radius 1 is 1.25 bits per heavy atom. The molecular weight excluding hydrogens is 274 g/mol. The maximum Gasteiger partial charge on any atom is 0.243 e. The Balaban J connectivity index is 1.95. The number of para-hydroxylation sites is 1. The van der Waals surface area contributed by atoms with Crippen molar-refractivity contribution in [2.75, 3.05) is 17.2 Å². The minimum absolute atomic E-state index is 0.112. The first-order chi connectivity index (χ1) is 9.70. The molecule has 2 N–H and O–H groups in total. The molecule has 0 aliphatic carbocycles. The van der Waals surface area contributed by atoms with Crippen molar-refractivity contribution in [3.8, 4) is 0 Å². The molecule has 0 radical (unpaired) electrons. The second-order valence-electron chi connectivity index (χ2n) is 4.27. The second-order valence-corrected chi connectivity index (χ2v) is 4.68. The van der Waals surface area contributed by atoms with Gasteiger partial charge in [0.05, 0.1) is 17.3 Å². The number of hydrogen-bond donors (Lipinski definition) is 2. The maximum atomic E-state index is 11.9. The van der Waals surface area contributed by atoms with Crippen molar-refractivity contribution >= 4 is 28.9 Å². The third-order valence-electron chi connectivity index (χ3n) is 2.88. The van der Waals surface area contributed by atoms with Crippen LogP contribution in [0.3, 0.4) is 0 Å². The third-order valence-corrected chi connectivity index (χ3v) is 3.19. The summed E-state index contributed by atoms with van der Waals surface area (Å²) in [5.74, 6) is -0.112. The molecule has 0 saturated carbocycles. The van der Waals surface area contributed by atoms with Crippen molar-refractivity contribution in [3.05, 3.63) is 53.3 Å². The molecule has 1 aromatic carbocycles. The molecule has 0 fully saturated rings. The van der Waals surface area contributed by atoms with Crippen LogP contribution in [-0.4, -0.2) is 17.4 Å². The lowest BCUT2D eigenvalue weighted by Crippen LogP contribution is -2.22. The van der Waals surface area contributed by atoms with Crippen LogP contribution in [0.1, 0.15) is 12.5 Å². The van der Waals surface area contributed by atoms with Gasteiger partial charge >= 0.3 is 0 Å². The number of carbonyl (C=O) groups excluding carboxylic acids is 1. The predicted octanol–water partition coefficient (Wildman–Crippen LogP) is 3.35. The number of hydrogen-bond acceptors (Lipinski definition) is 3. The van der Waals surface area contributed by atoms with Gasteiger partial charge < -0.3 is 10.6 Å². The van der Waals surface area contributed by atoms with Gasteiger partial charge in [0.25, 0.3) is 0 Å². The van der Waals surface area contributed by atoms with Gasteiger partial charge in [-0.25, -0.2) is 0 Å². The number of benzene rings is 1. The molecule has 2 rings (SSSR count). The number of anilines is 2. The van der Waals surface area contributed by atoms with Gasteiger partial charge in [0.15, 0.2) is 0 Å². The number of halogens is 1. The van der Waals surface area contributed by atoms with Crippen LogP contribution in [0.15, 0.2) is 42.7 Å². The number of nitrogens with one attached hydrogen (secondary N) is 2. The van der Waals surface area contributed by atoms with Crippen molar-refractivity contribution < 1.29 is 4.79 Å². The summed E-state index contributed by atoms with van der Waals surface area (Å²) in [6.07, 6.45) is 4.03. The van der Waals surface area contributed by atoms with Gasteiger partial charge in [0, 0.05) is 18.1 Å². The summed E-state index contributed by atoms with van der Waals surface area (Å²) in [5, 5.41) is 6.37. The fourth-order valence-electron chi connectivity index (χ4n) is 1.84. The van der Waals surface area contributed by atoms with Crippen molar-refractivity contribution in [1.82, 2.24) is 4.98 Å². The van der Waals surface area contributed by atoms with Gasteiger partial charge in [-0.2, -0.15) is 0 Å². The van der Waals surface area contributed by atoms with Gasteiger partial charge in [-0.3, -0.25) is 9.78 Å². The summed E-state index contributed by atoms with van der Waals surface area (Å²) >= 11 is 5.96. The molecule has 1 heterocycles. The van der Waals surface area contributed by atoms with Gasteiger partial charge in [0.2, 0.25) is 5.91 Å². The quantitative estimate of drug-likeness (QED) is 0.887. The highest BCUT2D eigenvalue weighted by atomic mass is 35.5. The minimum atomic E-state index is -0.112. The molecule has 0 unspecified atom stereocenters. The molecule has 20 heavy (non-hydrogen) atoms. The van der Waals surface area contributed by atoms with E-state index in [9.17, 15) is 4.79 Å². The number of amides is 1. The molecule has 1 aromatic heterocycles. The Morgan fingerprint density at radius 2 is 2.05 bits per heavy atom. The van der Waals surface area contributed by atoms with Crippen LogP contribution in [-0.2, 0) is 11.2 Å². The van der Waals surface area contributed by atoms with Gasteiger partial charge in [-0.05, 0) is 24.1 Å². The monoisotopic (exact) mass is 289 g/mol. The van der Waals surface area contributed by atoms with Crippen molar-refractivity contribution in [2.24, 2.45) is 0 Å². The Morgan fingerprint density at radius 3 is 2.80 bits per heavy atom. The Hall–Kier alpha value is -2.07. The number of rotatable bonds is 5. The number of aromatic nitrogens is 1. The van der Waals surface area contributed by atoms with E-state index < -0.39 is 0 Å². The van der Waals surface area contributed by atoms with Gasteiger partial charge in [-0.15, -0.1) is 0 Å². The molecule has 0 bridgehead atoms. The van der Waals surface area contributed by atoms with E-state index in [-0.39, 0.29) is 12.5 Å². The molecule has 5 heteroatoms. The first-order valence-electron chi connectivity index (χ1n) is 6.42. The lowest BCUT2D eigenvalue weighted by molar-refractivity contribution is -0.114. The standard InChI is InChI=1S/C15H16ClN3O/c1-2-11-5-3-4-6-13(11)19-15(20)10-18-14-7-8-17-9-12(14)16/h3-9H,2,10H2,1H3,(H,17,18)(H,19,20). The van der Waals surface area contributed by atoms with Crippen LogP contribution in [0.25, 0.3) is 0 Å². The zero-order valence-corrected chi connectivity index (χ0v) is 11.9. The Labute approximate surface area is 123 Å². The smallest absolute Gasteiger partial charge is 0.243 e. The first kappa shape index (κ1) is 14.3. The largest absolute Gasteiger partial charge is 0.375 e. The highest BCUT2D eigenvalue weighted by Gasteiger charge is 2.06. The molecule has 0 saturated heterocycles. The zero-order valence-electron chi connectivity index (χ0n) is 11.2. The minimum Gasteiger partial charge on any atom is -0.375 e. The highest BCUT2D eigenvalue weighted by molar-refractivity contribution is 6.33. The molecule has 2 aromatic rings. The lowest BCUT2D eigenvalue weighted by Gasteiger charge is -2.11. The van der Waals surface area contributed by atoms with Crippen LogP contribution in [0, 0.1) is 0 Å². The second kappa shape index (κ2) is 6.91. The summed E-state index contributed by atoms with van der Waals surface area (Å²) < 4.78 is 0. The van der Waals surface area contributed by atoms with Crippen LogP contribution in [0.4, 0.5) is 11.4 Å². The number of pyridine rings is 1. The van der Waals surface area contributed by atoms with Crippen LogP contribution >= 0.6 is 11.6 Å². The molecule has 1 amide bonds. The molecule has 4 nitrogen and oxygen atoms in total. The van der Waals surface area contributed by atoms with E-state index >= 15 is 0 Å². The SMILES string of the molecule is CCc1ccccc1NC(=O)CNc1ccncc1Cl. The Kier molecular flexibility index (Phi) is 4.96. The topological polar surface area (TPSA) is 54.0 Å². The van der Waals surface area contributed by atoms with E-state index in [1.807, 2.05) is 24.3 Å². The van der Waals surface area contributed by atoms with Crippen LogP contribution in [0.2, 0.25) is 5.02 Å². The molecular formula is C15H16ClN3O. The van der Waals surface area contributed by atoms with Crippen LogP contribution in [0.5, 0.6) is 0 Å². The highest BCUT2D eigenvalue weighted by Crippen LogP contribution is 2.19. The maximum absolute atomic E-state index is 11.9. The summed E-state index contributed by atoms with van der Waals surface area (Å²) in [4.78, 5) is 15.8. The third kappa shape index (κ3) is 3.71. The molecule has 0 spiro atoms. The first-order valence-corrected chi connectivity index (χ1v) is 6.79. The van der Waals surface area contributed by atoms with E-state index in [1.165, 1.54) is 6.20 Å². The van der Waals surface area contributed by atoms with E-state index in [4.69, 9.17) is 11.6 Å². The molecule has 0 atom stereocenters. The summed E-state index contributed by atoms with van der Waals surface area (Å²) in [7, 11) is 0. The average Bonchev–Trinajstić information content (AvgIpc) is 2.47. The van der Waals surface area contributed by atoms with E-state index in [2.05, 4.69) is 22.5 Å². The van der Waals surface area contributed by atoms with E-state index in [1.54, 1.807) is 12.3 Å². The number of carbonyl (C=O) groups is 1. The molecule has 0 aliphatic heterocycles. The van der Waals surface area contributed by atoms with E-state index in [0.717, 1.165) is 17.7 Å². The van der Waals surface area contributed by atoms with Gasteiger partial charge in [0.1, 0.15) is 0 Å². The Bertz CT molecular complexity index is 601. The summed E-state index contributed by atoms with van der Waals surface area (Å²) in [5.41, 5.74) is 2.66. The van der Waals surface area contributed by atoms with Crippen molar-refractivity contribution in [3.63, 3.8) is 0 Å². The van der Waals surface area contributed by atoms with E-state index in [0.29, 0.717) is 10.7 Å². The molecule has 0 aliphatic rings. The summed E-state index contributed by atoms with van der Waals surface area (Å²) in [6, 6.07) is 9.50. The average molecular weight is 290 g/mol. The fraction of sp³-hybridized carbons (Fsp3) is 0.200. The number of nitrogens with zero attached hydrogens (tertiary/aromatic N) is 1. The van der Waals surface area contributed by atoms with Crippen LogP contribution < -0.4 is 10.6 Å². The predicted molar refractivity (Wildman–Crippen MR) is 82.2 cm³/mol. The van der Waals surface area contributed by atoms with Crippen molar-refractivity contribution in [2.45, 2.75) is 13.3 Å². The van der Waals surface area contributed by atoms with Crippen molar-refractivity contribution in [1.29, 1.82) is 0 Å². The number of aryl methyl sites for hydroxylation is 1. The lowest BCUT2D eigenvalue weighted by atomic mass is 10.1. The normalized spacial score (nSPS) is 10.1. The summed E-state index contributed by atoms with van der Waals surface area (Å²) in [6.45, 7) is 2.21. The fourth-order valence-corrected chi connectivity index (χ4v) is 2.03. The zero-order chi connectivity index (χ0) is 14.4. The molecule has 104 valence electrons. The van der Waals surface area contributed by atoms with Gasteiger partial charge in [-0.1, -0.05) is 36.7 Å².